The van der Waals surface area contributed by atoms with Gasteiger partial charge < -0.3 is 4.74 Å². The molecule has 0 bridgehead atoms. The molecule has 0 aliphatic carbocycles. The van der Waals surface area contributed by atoms with Gasteiger partial charge in [0, 0.05) is 13.0 Å². The molecule has 1 aliphatic heterocycles. The third-order valence-corrected chi connectivity index (χ3v) is 8.84. The van der Waals surface area contributed by atoms with Crippen LogP contribution in [0.1, 0.15) is 12.0 Å². The lowest BCUT2D eigenvalue weighted by atomic mass is 10.1. The van der Waals surface area contributed by atoms with Gasteiger partial charge in [-0.2, -0.15) is 12.7 Å². The zero-order valence-electron chi connectivity index (χ0n) is 18.0. The van der Waals surface area contributed by atoms with Gasteiger partial charge in [-0.3, -0.25) is 8.98 Å². The number of aryl methyl sites for hydroxylation is 1. The number of fused-ring (bicyclic) bond motifs is 1. The van der Waals surface area contributed by atoms with E-state index < -0.39 is 38.3 Å². The third-order valence-electron chi connectivity index (χ3n) is 5.59. The van der Waals surface area contributed by atoms with E-state index in [1.165, 1.54) is 24.3 Å². The Morgan fingerprint density at radius 3 is 2.21 bits per heavy atom. The molecule has 0 saturated carbocycles. The second-order valence-electron chi connectivity index (χ2n) is 7.84. The van der Waals surface area contributed by atoms with Crippen molar-refractivity contribution < 1.29 is 30.6 Å². The molecule has 3 aromatic carbocycles. The smallest absolute Gasteiger partial charge is 0.324 e. The van der Waals surface area contributed by atoms with E-state index in [0.717, 1.165) is 27.8 Å². The molecular weight excluding hydrogens is 466 g/mol. The number of sulfonamides is 1. The first-order chi connectivity index (χ1) is 15.6. The first kappa shape index (κ1) is 23.4. The number of methoxy groups -OCH3 is 1. The molecule has 10 heteroatoms. The van der Waals surface area contributed by atoms with Crippen molar-refractivity contribution in [3.8, 4) is 0 Å². The van der Waals surface area contributed by atoms with Gasteiger partial charge in [0.25, 0.3) is 10.1 Å². The minimum Gasteiger partial charge on any atom is -0.468 e. The van der Waals surface area contributed by atoms with Crippen molar-refractivity contribution in [2.75, 3.05) is 13.7 Å². The van der Waals surface area contributed by atoms with E-state index in [0.29, 0.717) is 0 Å². The van der Waals surface area contributed by atoms with Crippen LogP contribution in [0, 0.1) is 6.92 Å². The second-order valence-corrected chi connectivity index (χ2v) is 11.3. The number of rotatable bonds is 6. The Morgan fingerprint density at radius 1 is 0.909 bits per heavy atom. The summed E-state index contributed by atoms with van der Waals surface area (Å²) in [5, 5.41) is 1.59. The van der Waals surface area contributed by atoms with Crippen molar-refractivity contribution >= 4 is 36.9 Å². The highest BCUT2D eigenvalue weighted by molar-refractivity contribution is 7.89. The summed E-state index contributed by atoms with van der Waals surface area (Å²) in [5.41, 5.74) is 0.883. The molecule has 33 heavy (non-hydrogen) atoms. The zero-order valence-corrected chi connectivity index (χ0v) is 19.7. The van der Waals surface area contributed by atoms with E-state index in [2.05, 4.69) is 0 Å². The third kappa shape index (κ3) is 4.65. The predicted octanol–water partition coefficient (Wildman–Crippen LogP) is 2.86. The monoisotopic (exact) mass is 489 g/mol. The molecule has 0 N–H and O–H groups in total. The molecule has 1 heterocycles. The number of ether oxygens (including phenoxy) is 1. The summed E-state index contributed by atoms with van der Waals surface area (Å²) in [7, 11) is -7.13. The Hall–Kier alpha value is -2.79. The quantitative estimate of drug-likeness (QED) is 0.387. The van der Waals surface area contributed by atoms with Crippen molar-refractivity contribution in [1.29, 1.82) is 0 Å². The lowest BCUT2D eigenvalue weighted by Crippen LogP contribution is -2.41. The van der Waals surface area contributed by atoms with E-state index in [1.807, 2.05) is 19.1 Å². The minimum absolute atomic E-state index is 0.00264. The molecule has 3 aromatic rings. The van der Waals surface area contributed by atoms with Gasteiger partial charge in [0.05, 0.1) is 23.0 Å². The Morgan fingerprint density at radius 2 is 1.55 bits per heavy atom. The summed E-state index contributed by atoms with van der Waals surface area (Å²) in [4.78, 5) is 12.4. The second kappa shape index (κ2) is 8.86. The molecule has 174 valence electrons. The van der Waals surface area contributed by atoms with Gasteiger partial charge in [0.15, 0.2) is 0 Å². The highest BCUT2D eigenvalue weighted by Gasteiger charge is 2.46. The van der Waals surface area contributed by atoms with Crippen LogP contribution in [0.5, 0.6) is 0 Å². The lowest BCUT2D eigenvalue weighted by Gasteiger charge is -2.22. The molecule has 1 saturated heterocycles. The molecule has 8 nitrogen and oxygen atoms in total. The summed E-state index contributed by atoms with van der Waals surface area (Å²) in [6.07, 6.45) is -1.19. The van der Waals surface area contributed by atoms with Crippen molar-refractivity contribution in [1.82, 2.24) is 4.31 Å². The molecular formula is C23H23NO7S2. The summed E-state index contributed by atoms with van der Waals surface area (Å²) in [6.45, 7) is 1.52. The lowest BCUT2D eigenvalue weighted by molar-refractivity contribution is -0.144. The Labute approximate surface area is 192 Å². The van der Waals surface area contributed by atoms with Crippen LogP contribution in [0.4, 0.5) is 0 Å². The van der Waals surface area contributed by atoms with Gasteiger partial charge in [-0.25, -0.2) is 8.42 Å². The fourth-order valence-corrected chi connectivity index (χ4v) is 6.59. The number of esters is 1. The summed E-state index contributed by atoms with van der Waals surface area (Å²) < 4.78 is 63.4. The molecule has 1 aliphatic rings. The molecule has 0 aromatic heterocycles. The number of carbonyl (C=O) groups is 1. The van der Waals surface area contributed by atoms with Gasteiger partial charge in [0.2, 0.25) is 10.0 Å². The summed E-state index contributed by atoms with van der Waals surface area (Å²) in [5.74, 6) is -0.779. The Balaban J connectivity index is 1.64. The maximum atomic E-state index is 13.4. The average Bonchev–Trinajstić information content (AvgIpc) is 3.22. The number of hydrogen-bond donors (Lipinski definition) is 0. The molecule has 0 spiro atoms. The average molecular weight is 490 g/mol. The summed E-state index contributed by atoms with van der Waals surface area (Å²) in [6, 6.07) is 16.9. The largest absolute Gasteiger partial charge is 0.468 e. The SMILES string of the molecule is COC(=O)C1CC(OS(=O)(=O)c2ccc(C)cc2)CN1S(=O)(=O)c1ccc2ccccc2c1. The predicted molar refractivity (Wildman–Crippen MR) is 121 cm³/mol. The molecule has 2 atom stereocenters. The highest BCUT2D eigenvalue weighted by atomic mass is 32.2. The van der Waals surface area contributed by atoms with Crippen molar-refractivity contribution in [3.63, 3.8) is 0 Å². The molecule has 1 fully saturated rings. The van der Waals surface area contributed by atoms with E-state index >= 15 is 0 Å². The van der Waals surface area contributed by atoms with Gasteiger partial charge >= 0.3 is 5.97 Å². The van der Waals surface area contributed by atoms with Crippen LogP contribution in [-0.2, 0) is 33.9 Å². The zero-order chi connectivity index (χ0) is 23.8. The van der Waals surface area contributed by atoms with Crippen LogP contribution in [0.2, 0.25) is 0 Å². The Bertz CT molecular complexity index is 1400. The number of benzene rings is 3. The molecule has 2 unspecified atom stereocenters. The highest BCUT2D eigenvalue weighted by Crippen LogP contribution is 2.31. The fraction of sp³-hybridized carbons (Fsp3) is 0.261. The first-order valence-corrected chi connectivity index (χ1v) is 13.0. The number of nitrogens with zero attached hydrogens (tertiary/aromatic N) is 1. The van der Waals surface area contributed by atoms with Crippen LogP contribution in [0.3, 0.4) is 0 Å². The van der Waals surface area contributed by atoms with E-state index in [-0.39, 0.29) is 22.8 Å². The maximum absolute atomic E-state index is 13.4. The summed E-state index contributed by atoms with van der Waals surface area (Å²) >= 11 is 0. The first-order valence-electron chi connectivity index (χ1n) is 10.2. The van der Waals surface area contributed by atoms with Crippen LogP contribution in [-0.4, -0.2) is 52.9 Å². The van der Waals surface area contributed by atoms with E-state index in [1.54, 1.807) is 30.3 Å². The molecule has 4 rings (SSSR count). The topological polar surface area (TPSA) is 107 Å². The van der Waals surface area contributed by atoms with Gasteiger partial charge in [-0.15, -0.1) is 0 Å². The standard InChI is InChI=1S/C23H23NO7S2/c1-16-7-10-20(11-8-16)33(28,29)31-19-14-22(23(25)30-2)24(15-19)32(26,27)21-12-9-17-5-3-4-6-18(17)13-21/h3-13,19,22H,14-15H2,1-2H3. The van der Waals surface area contributed by atoms with Gasteiger partial charge in [-0.05, 0) is 42.0 Å². The van der Waals surface area contributed by atoms with Crippen LogP contribution in [0.15, 0.2) is 76.5 Å². The van der Waals surface area contributed by atoms with Crippen LogP contribution >= 0.6 is 0 Å². The number of carbonyl (C=O) groups excluding carboxylic acids is 1. The maximum Gasteiger partial charge on any atom is 0.324 e. The minimum atomic E-state index is -4.15. The van der Waals surface area contributed by atoms with Crippen molar-refractivity contribution in [2.45, 2.75) is 35.3 Å². The molecule has 0 radical (unpaired) electrons. The van der Waals surface area contributed by atoms with Crippen LogP contribution in [0.25, 0.3) is 10.8 Å². The van der Waals surface area contributed by atoms with Crippen molar-refractivity contribution in [2.24, 2.45) is 0 Å². The molecule has 0 amide bonds. The van der Waals surface area contributed by atoms with Crippen molar-refractivity contribution in [3.05, 3.63) is 72.3 Å². The Kier molecular flexibility index (Phi) is 6.28. The van der Waals surface area contributed by atoms with Crippen LogP contribution < -0.4 is 0 Å². The van der Waals surface area contributed by atoms with E-state index in [9.17, 15) is 21.6 Å². The normalized spacial score (nSPS) is 19.6. The van der Waals surface area contributed by atoms with E-state index in [4.69, 9.17) is 8.92 Å². The van der Waals surface area contributed by atoms with Gasteiger partial charge in [0.1, 0.15) is 6.04 Å². The van der Waals surface area contributed by atoms with Gasteiger partial charge in [-0.1, -0.05) is 48.0 Å². The number of hydrogen-bond acceptors (Lipinski definition) is 7. The fourth-order valence-electron chi connectivity index (χ4n) is 3.86.